The molecular formula is C18H16BrN3OS. The number of aromatic nitrogens is 1. The molecule has 0 aliphatic carbocycles. The molecule has 1 amide bonds. The highest BCUT2D eigenvalue weighted by Gasteiger charge is 2.05. The molecule has 0 aliphatic rings. The van der Waals surface area contributed by atoms with Crippen molar-refractivity contribution in [3.63, 3.8) is 0 Å². The molecule has 0 radical (unpaired) electrons. The lowest BCUT2D eigenvalue weighted by Crippen LogP contribution is -2.18. The van der Waals surface area contributed by atoms with Crippen LogP contribution in [0, 0.1) is 0 Å². The van der Waals surface area contributed by atoms with Gasteiger partial charge in [0.25, 0.3) is 0 Å². The highest BCUT2D eigenvalue weighted by Crippen LogP contribution is 2.28. The molecule has 2 N–H and O–H groups in total. The minimum Gasteiger partial charge on any atom is -0.352 e. The zero-order chi connectivity index (χ0) is 16.9. The lowest BCUT2D eigenvalue weighted by Gasteiger charge is -2.04. The van der Waals surface area contributed by atoms with Crippen molar-refractivity contribution in [1.82, 2.24) is 10.3 Å². The maximum atomic E-state index is 10.9. The van der Waals surface area contributed by atoms with E-state index in [1.54, 1.807) is 11.3 Å². The summed E-state index contributed by atoms with van der Waals surface area (Å²) in [5, 5.41) is 8.98. The van der Waals surface area contributed by atoms with Gasteiger partial charge in [0.2, 0.25) is 5.91 Å². The van der Waals surface area contributed by atoms with Gasteiger partial charge in [-0.25, -0.2) is 4.98 Å². The fourth-order valence-electron chi connectivity index (χ4n) is 2.17. The molecule has 2 aromatic carbocycles. The van der Waals surface area contributed by atoms with Crippen molar-refractivity contribution in [3.8, 4) is 11.3 Å². The summed E-state index contributed by atoms with van der Waals surface area (Å²) in [6, 6.07) is 16.0. The monoisotopic (exact) mass is 401 g/mol. The molecule has 0 spiro atoms. The highest BCUT2D eigenvalue weighted by atomic mass is 79.9. The number of hydrogen-bond donors (Lipinski definition) is 2. The summed E-state index contributed by atoms with van der Waals surface area (Å²) in [4.78, 5) is 15.6. The Morgan fingerprint density at radius 3 is 2.71 bits per heavy atom. The van der Waals surface area contributed by atoms with E-state index in [9.17, 15) is 4.79 Å². The van der Waals surface area contributed by atoms with Gasteiger partial charge in [-0.05, 0) is 23.8 Å². The van der Waals surface area contributed by atoms with Crippen LogP contribution in [0.1, 0.15) is 12.5 Å². The van der Waals surface area contributed by atoms with Gasteiger partial charge >= 0.3 is 0 Å². The van der Waals surface area contributed by atoms with Crippen molar-refractivity contribution in [2.45, 2.75) is 13.5 Å². The molecule has 4 nitrogen and oxygen atoms in total. The van der Waals surface area contributed by atoms with Crippen molar-refractivity contribution >= 4 is 44.0 Å². The number of hydrogen-bond acceptors (Lipinski definition) is 4. The zero-order valence-corrected chi connectivity index (χ0v) is 15.4. The summed E-state index contributed by atoms with van der Waals surface area (Å²) in [5.41, 5.74) is 4.05. The van der Waals surface area contributed by atoms with Crippen molar-refractivity contribution in [2.24, 2.45) is 0 Å². The molecule has 3 aromatic rings. The number of nitrogens with one attached hydrogen (secondary N) is 2. The van der Waals surface area contributed by atoms with Gasteiger partial charge in [0.15, 0.2) is 5.13 Å². The average molecular weight is 402 g/mol. The first-order chi connectivity index (χ1) is 11.6. The fraction of sp³-hybridized carbons (Fsp3) is 0.111. The third-order valence-electron chi connectivity index (χ3n) is 3.37. The van der Waals surface area contributed by atoms with Gasteiger partial charge in [0.05, 0.1) is 5.69 Å². The van der Waals surface area contributed by atoms with Crippen LogP contribution in [-0.4, -0.2) is 10.9 Å². The number of benzene rings is 2. The van der Waals surface area contributed by atoms with Crippen LogP contribution in [0.5, 0.6) is 0 Å². The molecule has 0 saturated heterocycles. The summed E-state index contributed by atoms with van der Waals surface area (Å²) >= 11 is 5.03. The zero-order valence-electron chi connectivity index (χ0n) is 13.0. The smallest absolute Gasteiger partial charge is 0.217 e. The summed E-state index contributed by atoms with van der Waals surface area (Å²) in [7, 11) is 0. The van der Waals surface area contributed by atoms with E-state index in [1.165, 1.54) is 6.92 Å². The quantitative estimate of drug-likeness (QED) is 0.635. The van der Waals surface area contributed by atoms with Gasteiger partial charge in [-0.15, -0.1) is 11.3 Å². The van der Waals surface area contributed by atoms with Crippen LogP contribution in [0.25, 0.3) is 11.3 Å². The number of halogens is 1. The number of amides is 1. The van der Waals surface area contributed by atoms with E-state index >= 15 is 0 Å². The van der Waals surface area contributed by atoms with E-state index < -0.39 is 0 Å². The van der Waals surface area contributed by atoms with Crippen LogP contribution in [0.4, 0.5) is 10.8 Å². The van der Waals surface area contributed by atoms with Gasteiger partial charge in [0.1, 0.15) is 0 Å². The maximum Gasteiger partial charge on any atom is 0.217 e. The van der Waals surface area contributed by atoms with E-state index in [-0.39, 0.29) is 5.91 Å². The first-order valence-electron chi connectivity index (χ1n) is 7.42. The third-order valence-corrected chi connectivity index (χ3v) is 4.62. The minimum atomic E-state index is -0.0261. The van der Waals surface area contributed by atoms with Crippen molar-refractivity contribution in [1.29, 1.82) is 0 Å². The van der Waals surface area contributed by atoms with E-state index in [1.807, 2.05) is 53.9 Å². The molecule has 1 aromatic heterocycles. The second kappa shape index (κ2) is 7.59. The van der Waals surface area contributed by atoms with Crippen LogP contribution in [0.2, 0.25) is 0 Å². The van der Waals surface area contributed by atoms with E-state index in [2.05, 4.69) is 31.5 Å². The molecular weight excluding hydrogens is 386 g/mol. The highest BCUT2D eigenvalue weighted by molar-refractivity contribution is 9.10. The van der Waals surface area contributed by atoms with Crippen LogP contribution in [0.3, 0.4) is 0 Å². The number of thiazole rings is 1. The minimum absolute atomic E-state index is 0.0261. The van der Waals surface area contributed by atoms with Crippen LogP contribution >= 0.6 is 27.3 Å². The molecule has 24 heavy (non-hydrogen) atoms. The van der Waals surface area contributed by atoms with Gasteiger partial charge in [-0.2, -0.15) is 0 Å². The van der Waals surface area contributed by atoms with E-state index in [0.717, 1.165) is 32.1 Å². The van der Waals surface area contributed by atoms with Gasteiger partial charge in [-0.3, -0.25) is 4.79 Å². The lowest BCUT2D eigenvalue weighted by molar-refractivity contribution is -0.119. The van der Waals surface area contributed by atoms with Crippen LogP contribution in [0.15, 0.2) is 58.4 Å². The fourth-order valence-corrected chi connectivity index (χ4v) is 3.31. The van der Waals surface area contributed by atoms with E-state index in [4.69, 9.17) is 0 Å². The Morgan fingerprint density at radius 1 is 1.21 bits per heavy atom. The van der Waals surface area contributed by atoms with Gasteiger partial charge < -0.3 is 10.6 Å². The number of carbonyl (C=O) groups is 1. The molecule has 0 saturated carbocycles. The second-order valence-corrected chi connectivity index (χ2v) is 7.05. The Kier molecular flexibility index (Phi) is 5.27. The van der Waals surface area contributed by atoms with E-state index in [0.29, 0.717) is 6.54 Å². The Balaban J connectivity index is 1.69. The molecule has 0 fully saturated rings. The predicted molar refractivity (Wildman–Crippen MR) is 102 cm³/mol. The van der Waals surface area contributed by atoms with Gasteiger partial charge in [0, 0.05) is 34.6 Å². The maximum absolute atomic E-state index is 10.9. The summed E-state index contributed by atoms with van der Waals surface area (Å²) < 4.78 is 1.03. The summed E-state index contributed by atoms with van der Waals surface area (Å²) in [6.45, 7) is 2.06. The third kappa shape index (κ3) is 4.43. The van der Waals surface area contributed by atoms with Crippen molar-refractivity contribution in [3.05, 3.63) is 63.9 Å². The number of rotatable bonds is 5. The molecule has 0 unspecified atom stereocenters. The lowest BCUT2D eigenvalue weighted by atomic mass is 10.1. The summed E-state index contributed by atoms with van der Waals surface area (Å²) in [6.07, 6.45) is 0. The van der Waals surface area contributed by atoms with Crippen LogP contribution < -0.4 is 10.6 Å². The number of anilines is 2. The standard InChI is InChI=1S/C18H16BrN3OS/c1-12(23)20-10-13-5-7-14(8-6-13)17-11-24-18(22-17)21-16-4-2-3-15(19)9-16/h2-9,11H,10H2,1H3,(H,20,23)(H,21,22). The first-order valence-corrected chi connectivity index (χ1v) is 9.09. The molecule has 0 atom stereocenters. The topological polar surface area (TPSA) is 54.0 Å². The molecule has 0 bridgehead atoms. The number of carbonyl (C=O) groups excluding carboxylic acids is 1. The Labute approximate surface area is 153 Å². The van der Waals surface area contributed by atoms with Crippen LogP contribution in [-0.2, 0) is 11.3 Å². The number of nitrogens with zero attached hydrogens (tertiary/aromatic N) is 1. The van der Waals surface area contributed by atoms with Crippen molar-refractivity contribution < 1.29 is 4.79 Å². The first kappa shape index (κ1) is 16.7. The Hall–Kier alpha value is -2.18. The van der Waals surface area contributed by atoms with Gasteiger partial charge in [-0.1, -0.05) is 46.3 Å². The molecule has 3 rings (SSSR count). The summed E-state index contributed by atoms with van der Waals surface area (Å²) in [5.74, 6) is -0.0261. The SMILES string of the molecule is CC(=O)NCc1ccc(-c2csc(Nc3cccc(Br)c3)n2)cc1. The second-order valence-electron chi connectivity index (χ2n) is 5.28. The normalized spacial score (nSPS) is 10.4. The predicted octanol–water partition coefficient (Wildman–Crippen LogP) is 4.95. The molecule has 0 aliphatic heterocycles. The molecule has 1 heterocycles. The van der Waals surface area contributed by atoms with Crippen molar-refractivity contribution in [2.75, 3.05) is 5.32 Å². The molecule has 122 valence electrons. The Morgan fingerprint density at radius 2 is 2.00 bits per heavy atom. The Bertz CT molecular complexity index is 845. The molecule has 6 heteroatoms. The average Bonchev–Trinajstić information content (AvgIpc) is 3.02. The largest absolute Gasteiger partial charge is 0.352 e.